The van der Waals surface area contributed by atoms with E-state index in [-0.39, 0.29) is 5.91 Å². The van der Waals surface area contributed by atoms with Gasteiger partial charge in [0, 0.05) is 25.0 Å². The molecule has 0 spiro atoms. The number of aromatic nitrogens is 2. The number of aryl methyl sites for hydroxylation is 2. The lowest BCUT2D eigenvalue weighted by atomic mass is 10.2. The van der Waals surface area contributed by atoms with Crippen LogP contribution in [0.25, 0.3) is 0 Å². The Morgan fingerprint density at radius 2 is 2.29 bits per heavy atom. The van der Waals surface area contributed by atoms with E-state index >= 15 is 0 Å². The molecule has 0 aliphatic heterocycles. The topological polar surface area (TPSA) is 82.2 Å². The molecule has 1 aromatic heterocycles. The molecule has 0 fully saturated rings. The summed E-state index contributed by atoms with van der Waals surface area (Å²) in [6, 6.07) is 7.20. The molecule has 1 amide bonds. The summed E-state index contributed by atoms with van der Waals surface area (Å²) < 4.78 is 7.17. The predicted molar refractivity (Wildman–Crippen MR) is 81.3 cm³/mol. The highest BCUT2D eigenvalue weighted by Gasteiger charge is 2.13. The summed E-state index contributed by atoms with van der Waals surface area (Å²) in [6.07, 6.45) is 2.45. The molecule has 0 aliphatic rings. The molecule has 21 heavy (non-hydrogen) atoms. The van der Waals surface area contributed by atoms with E-state index < -0.39 is 0 Å². The maximum absolute atomic E-state index is 12.1. The summed E-state index contributed by atoms with van der Waals surface area (Å²) in [6.45, 7) is 2.78. The van der Waals surface area contributed by atoms with Crippen molar-refractivity contribution < 1.29 is 9.53 Å². The third kappa shape index (κ3) is 3.98. The van der Waals surface area contributed by atoms with Gasteiger partial charge in [-0.05, 0) is 18.6 Å². The first-order chi connectivity index (χ1) is 10.1. The van der Waals surface area contributed by atoms with Crippen LogP contribution in [0, 0.1) is 0 Å². The number of nitrogens with one attached hydrogen (secondary N) is 1. The molecule has 0 saturated carbocycles. The number of benzene rings is 1. The van der Waals surface area contributed by atoms with Crippen molar-refractivity contribution in [1.82, 2.24) is 15.1 Å². The normalized spacial score (nSPS) is 10.4. The SMILES string of the molecule is CCc1nn(C)cc1C(=O)NCCOc1cccc(N)c1. The fourth-order valence-electron chi connectivity index (χ4n) is 2.02. The molecule has 1 aromatic carbocycles. The van der Waals surface area contributed by atoms with Crippen molar-refractivity contribution in [2.45, 2.75) is 13.3 Å². The van der Waals surface area contributed by atoms with Crippen LogP contribution in [0.1, 0.15) is 23.0 Å². The number of hydrogen-bond donors (Lipinski definition) is 2. The van der Waals surface area contributed by atoms with E-state index in [0.717, 1.165) is 12.1 Å². The average molecular weight is 288 g/mol. The Morgan fingerprint density at radius 1 is 1.48 bits per heavy atom. The van der Waals surface area contributed by atoms with Crippen LogP contribution in [-0.4, -0.2) is 28.8 Å². The lowest BCUT2D eigenvalue weighted by molar-refractivity contribution is 0.0946. The van der Waals surface area contributed by atoms with Crippen LogP contribution in [-0.2, 0) is 13.5 Å². The van der Waals surface area contributed by atoms with Crippen LogP contribution in [0.2, 0.25) is 0 Å². The van der Waals surface area contributed by atoms with Gasteiger partial charge in [0.25, 0.3) is 5.91 Å². The lowest BCUT2D eigenvalue weighted by Gasteiger charge is -2.08. The number of carbonyl (C=O) groups is 1. The number of anilines is 1. The zero-order valence-electron chi connectivity index (χ0n) is 12.3. The highest BCUT2D eigenvalue weighted by Crippen LogP contribution is 2.14. The molecular formula is C15H20N4O2. The van der Waals surface area contributed by atoms with Gasteiger partial charge in [0.2, 0.25) is 0 Å². The van der Waals surface area contributed by atoms with Crippen LogP contribution >= 0.6 is 0 Å². The van der Waals surface area contributed by atoms with Crippen LogP contribution in [0.4, 0.5) is 5.69 Å². The Kier molecular flexibility index (Phi) is 4.81. The molecule has 2 aromatic rings. The van der Waals surface area contributed by atoms with Crippen molar-refractivity contribution in [1.29, 1.82) is 0 Å². The first-order valence-corrected chi connectivity index (χ1v) is 6.89. The Labute approximate surface area is 123 Å². The van der Waals surface area contributed by atoms with E-state index in [0.29, 0.717) is 30.2 Å². The van der Waals surface area contributed by atoms with Gasteiger partial charge in [-0.2, -0.15) is 5.10 Å². The van der Waals surface area contributed by atoms with Crippen LogP contribution in [0.3, 0.4) is 0 Å². The van der Waals surface area contributed by atoms with E-state index in [1.165, 1.54) is 0 Å². The molecule has 6 nitrogen and oxygen atoms in total. The third-order valence-electron chi connectivity index (χ3n) is 3.00. The number of ether oxygens (including phenoxy) is 1. The molecule has 0 aliphatic carbocycles. The zero-order chi connectivity index (χ0) is 15.2. The number of nitrogen functional groups attached to an aromatic ring is 1. The Morgan fingerprint density at radius 3 is 3.00 bits per heavy atom. The van der Waals surface area contributed by atoms with Crippen molar-refractivity contribution in [2.75, 3.05) is 18.9 Å². The van der Waals surface area contributed by atoms with Gasteiger partial charge in [-0.25, -0.2) is 0 Å². The number of rotatable bonds is 6. The van der Waals surface area contributed by atoms with Crippen LogP contribution in [0.5, 0.6) is 5.75 Å². The van der Waals surface area contributed by atoms with E-state index in [2.05, 4.69) is 10.4 Å². The maximum Gasteiger partial charge on any atom is 0.254 e. The van der Waals surface area contributed by atoms with Gasteiger partial charge in [0.05, 0.1) is 17.8 Å². The molecule has 0 saturated heterocycles. The highest BCUT2D eigenvalue weighted by molar-refractivity contribution is 5.95. The van der Waals surface area contributed by atoms with Gasteiger partial charge in [-0.1, -0.05) is 13.0 Å². The van der Waals surface area contributed by atoms with Gasteiger partial charge in [0.15, 0.2) is 0 Å². The van der Waals surface area contributed by atoms with Crippen molar-refractivity contribution in [3.05, 3.63) is 41.7 Å². The minimum atomic E-state index is -0.129. The molecule has 0 unspecified atom stereocenters. The van der Waals surface area contributed by atoms with Gasteiger partial charge < -0.3 is 15.8 Å². The van der Waals surface area contributed by atoms with E-state index in [9.17, 15) is 4.79 Å². The second kappa shape index (κ2) is 6.78. The van der Waals surface area contributed by atoms with Crippen molar-refractivity contribution in [3.63, 3.8) is 0 Å². The van der Waals surface area contributed by atoms with Crippen molar-refractivity contribution in [2.24, 2.45) is 7.05 Å². The van der Waals surface area contributed by atoms with Gasteiger partial charge in [-0.3, -0.25) is 9.48 Å². The molecule has 2 rings (SSSR count). The average Bonchev–Trinajstić information content (AvgIpc) is 2.85. The molecule has 1 heterocycles. The monoisotopic (exact) mass is 288 g/mol. The minimum Gasteiger partial charge on any atom is -0.492 e. The number of nitrogens with zero attached hydrogens (tertiary/aromatic N) is 2. The van der Waals surface area contributed by atoms with Crippen LogP contribution in [0.15, 0.2) is 30.5 Å². The summed E-state index contributed by atoms with van der Waals surface area (Å²) in [7, 11) is 1.80. The summed E-state index contributed by atoms with van der Waals surface area (Å²) in [5.41, 5.74) is 7.73. The predicted octanol–water partition coefficient (Wildman–Crippen LogP) is 1.37. The molecule has 3 N–H and O–H groups in total. The third-order valence-corrected chi connectivity index (χ3v) is 3.00. The van der Waals surface area contributed by atoms with Gasteiger partial charge in [-0.15, -0.1) is 0 Å². The summed E-state index contributed by atoms with van der Waals surface area (Å²) in [5, 5.41) is 7.07. The Bertz CT molecular complexity index is 622. The van der Waals surface area contributed by atoms with Gasteiger partial charge in [0.1, 0.15) is 12.4 Å². The zero-order valence-corrected chi connectivity index (χ0v) is 12.3. The van der Waals surface area contributed by atoms with Gasteiger partial charge >= 0.3 is 0 Å². The number of nitrogens with two attached hydrogens (primary N) is 1. The van der Waals surface area contributed by atoms with Crippen molar-refractivity contribution >= 4 is 11.6 Å². The Balaban J connectivity index is 1.82. The first-order valence-electron chi connectivity index (χ1n) is 6.89. The summed E-state index contributed by atoms with van der Waals surface area (Å²) in [4.78, 5) is 12.1. The second-order valence-corrected chi connectivity index (χ2v) is 4.69. The fourth-order valence-corrected chi connectivity index (χ4v) is 2.02. The van der Waals surface area contributed by atoms with E-state index in [4.69, 9.17) is 10.5 Å². The maximum atomic E-state index is 12.1. The fraction of sp³-hybridized carbons (Fsp3) is 0.333. The molecule has 112 valence electrons. The first kappa shape index (κ1) is 14.9. The lowest BCUT2D eigenvalue weighted by Crippen LogP contribution is -2.28. The minimum absolute atomic E-state index is 0.129. The quantitative estimate of drug-likeness (QED) is 0.621. The number of hydrogen-bond acceptors (Lipinski definition) is 4. The molecule has 0 bridgehead atoms. The Hall–Kier alpha value is -2.50. The van der Waals surface area contributed by atoms with E-state index in [1.54, 1.807) is 30.1 Å². The standard InChI is InChI=1S/C15H20N4O2/c1-3-14-13(10-19(2)18-14)15(20)17-7-8-21-12-6-4-5-11(16)9-12/h4-6,9-10H,3,7-8,16H2,1-2H3,(H,17,20). The van der Waals surface area contributed by atoms with Crippen molar-refractivity contribution in [3.8, 4) is 5.75 Å². The number of amides is 1. The highest BCUT2D eigenvalue weighted by atomic mass is 16.5. The molecule has 0 atom stereocenters. The summed E-state index contributed by atoms with van der Waals surface area (Å²) in [5.74, 6) is 0.566. The second-order valence-electron chi connectivity index (χ2n) is 4.69. The molecule has 0 radical (unpaired) electrons. The number of carbonyl (C=O) groups excluding carboxylic acids is 1. The summed E-state index contributed by atoms with van der Waals surface area (Å²) >= 11 is 0. The van der Waals surface area contributed by atoms with E-state index in [1.807, 2.05) is 19.1 Å². The molecular weight excluding hydrogens is 268 g/mol. The van der Waals surface area contributed by atoms with Crippen LogP contribution < -0.4 is 15.8 Å². The molecule has 6 heteroatoms. The largest absolute Gasteiger partial charge is 0.492 e. The smallest absolute Gasteiger partial charge is 0.254 e.